The van der Waals surface area contributed by atoms with E-state index in [0.717, 1.165) is 24.3 Å². The monoisotopic (exact) mass is 403 g/mol. The molecule has 0 saturated carbocycles. The van der Waals surface area contributed by atoms with E-state index in [4.69, 9.17) is 9.47 Å². The Bertz CT molecular complexity index is 1020. The number of nitrogens with one attached hydrogen (secondary N) is 1. The highest BCUT2D eigenvalue weighted by Crippen LogP contribution is 2.21. The van der Waals surface area contributed by atoms with Crippen molar-refractivity contribution < 1.29 is 14.3 Å². The van der Waals surface area contributed by atoms with Gasteiger partial charge >= 0.3 is 0 Å². The largest absolute Gasteiger partial charge is 0.489 e. The van der Waals surface area contributed by atoms with E-state index in [2.05, 4.69) is 34.3 Å². The molecule has 6 nitrogen and oxygen atoms in total. The van der Waals surface area contributed by atoms with Gasteiger partial charge in [-0.15, -0.1) is 0 Å². The molecule has 3 aromatic rings. The summed E-state index contributed by atoms with van der Waals surface area (Å²) in [5.74, 6) is 0.503. The lowest BCUT2D eigenvalue weighted by molar-refractivity contribution is 0.102. The molecule has 0 spiro atoms. The van der Waals surface area contributed by atoms with Crippen molar-refractivity contribution in [1.82, 2.24) is 4.98 Å². The number of ether oxygens (including phenoxy) is 2. The highest BCUT2D eigenvalue weighted by atomic mass is 16.5. The van der Waals surface area contributed by atoms with Crippen molar-refractivity contribution in [2.24, 2.45) is 0 Å². The number of hydrogen-bond acceptors (Lipinski definition) is 5. The normalized spacial score (nSPS) is 13.7. The molecule has 6 heteroatoms. The first-order valence-corrected chi connectivity index (χ1v) is 10.0. The molecule has 30 heavy (non-hydrogen) atoms. The van der Waals surface area contributed by atoms with Crippen LogP contribution < -0.4 is 15.0 Å². The lowest BCUT2D eigenvalue weighted by atomic mass is 10.1. The van der Waals surface area contributed by atoms with Crippen LogP contribution >= 0.6 is 0 Å². The van der Waals surface area contributed by atoms with Gasteiger partial charge in [-0.25, -0.2) is 0 Å². The molecule has 1 N–H and O–H groups in total. The van der Waals surface area contributed by atoms with Crippen molar-refractivity contribution in [1.29, 1.82) is 0 Å². The van der Waals surface area contributed by atoms with Gasteiger partial charge in [0.05, 0.1) is 30.7 Å². The second-order valence-corrected chi connectivity index (χ2v) is 7.29. The molecule has 0 radical (unpaired) electrons. The first kappa shape index (κ1) is 19.9. The zero-order valence-corrected chi connectivity index (χ0v) is 17.0. The molecule has 154 valence electrons. The summed E-state index contributed by atoms with van der Waals surface area (Å²) < 4.78 is 11.3. The highest BCUT2D eigenvalue weighted by Gasteiger charge is 2.14. The molecule has 2 aromatic carbocycles. The van der Waals surface area contributed by atoms with Crippen molar-refractivity contribution >= 4 is 17.3 Å². The molecule has 1 fully saturated rings. The third-order valence-corrected chi connectivity index (χ3v) is 4.94. The summed E-state index contributed by atoms with van der Waals surface area (Å²) >= 11 is 0. The van der Waals surface area contributed by atoms with Crippen LogP contribution in [-0.2, 0) is 11.3 Å². The first-order valence-electron chi connectivity index (χ1n) is 10.0. The van der Waals surface area contributed by atoms with Gasteiger partial charge in [0.2, 0.25) is 0 Å². The first-order chi connectivity index (χ1) is 14.7. The minimum absolute atomic E-state index is 0.201. The topological polar surface area (TPSA) is 63.7 Å². The Kier molecular flexibility index (Phi) is 6.25. The Hall–Kier alpha value is -3.38. The van der Waals surface area contributed by atoms with Crippen LogP contribution in [0.25, 0.3) is 0 Å². The summed E-state index contributed by atoms with van der Waals surface area (Å²) in [5, 5.41) is 2.93. The molecule has 0 aliphatic carbocycles. The number of pyridine rings is 1. The number of carbonyl (C=O) groups is 1. The van der Waals surface area contributed by atoms with E-state index in [9.17, 15) is 4.79 Å². The lowest BCUT2D eigenvalue weighted by Gasteiger charge is -2.28. The minimum Gasteiger partial charge on any atom is -0.489 e. The van der Waals surface area contributed by atoms with Gasteiger partial charge in [0.15, 0.2) is 0 Å². The molecule has 1 aliphatic rings. The van der Waals surface area contributed by atoms with Gasteiger partial charge in [-0.1, -0.05) is 35.9 Å². The molecule has 1 aromatic heterocycles. The standard InChI is InChI=1S/C24H25N3O3/c1-18-4-2-5-19(12-18)17-30-23-7-3-6-21(14-23)26-24(28)20-13-22(16-25-15-20)27-8-10-29-11-9-27/h2-7,12-16H,8-11,17H2,1H3,(H,26,28). The number of morpholine rings is 1. The molecule has 1 saturated heterocycles. The summed E-state index contributed by atoms with van der Waals surface area (Å²) in [6.07, 6.45) is 3.36. The maximum atomic E-state index is 12.7. The van der Waals surface area contributed by atoms with Crippen LogP contribution in [0.15, 0.2) is 67.0 Å². The van der Waals surface area contributed by atoms with Gasteiger partial charge in [-0.2, -0.15) is 0 Å². The van der Waals surface area contributed by atoms with Gasteiger partial charge in [-0.05, 0) is 30.7 Å². The Morgan fingerprint density at radius 3 is 2.77 bits per heavy atom. The van der Waals surface area contributed by atoms with E-state index in [1.807, 2.05) is 42.5 Å². The van der Waals surface area contributed by atoms with E-state index in [1.165, 1.54) is 5.56 Å². The molecule has 0 bridgehead atoms. The average molecular weight is 403 g/mol. The lowest BCUT2D eigenvalue weighted by Crippen LogP contribution is -2.36. The van der Waals surface area contributed by atoms with Crippen LogP contribution in [0.5, 0.6) is 5.75 Å². The average Bonchev–Trinajstić information content (AvgIpc) is 2.79. The quantitative estimate of drug-likeness (QED) is 0.673. The van der Waals surface area contributed by atoms with Crippen molar-refractivity contribution in [2.45, 2.75) is 13.5 Å². The predicted molar refractivity (Wildman–Crippen MR) is 117 cm³/mol. The maximum Gasteiger partial charge on any atom is 0.257 e. The van der Waals surface area contributed by atoms with Crippen LogP contribution in [0.4, 0.5) is 11.4 Å². The van der Waals surface area contributed by atoms with E-state index in [-0.39, 0.29) is 5.91 Å². The molecule has 4 rings (SSSR count). The van der Waals surface area contributed by atoms with E-state index >= 15 is 0 Å². The number of aromatic nitrogens is 1. The van der Waals surface area contributed by atoms with Gasteiger partial charge in [-0.3, -0.25) is 9.78 Å². The van der Waals surface area contributed by atoms with Crippen molar-refractivity contribution in [3.8, 4) is 5.75 Å². The molecular weight excluding hydrogens is 378 g/mol. The Balaban J connectivity index is 1.40. The third-order valence-electron chi connectivity index (χ3n) is 4.94. The Labute approximate surface area is 176 Å². The number of benzene rings is 2. The summed E-state index contributed by atoms with van der Waals surface area (Å²) in [5.41, 5.74) is 4.44. The highest BCUT2D eigenvalue weighted by molar-refractivity contribution is 6.04. The SMILES string of the molecule is Cc1cccc(COc2cccc(NC(=O)c3cncc(N4CCOCC4)c3)c2)c1. The van der Waals surface area contributed by atoms with Crippen LogP contribution in [0.1, 0.15) is 21.5 Å². The summed E-state index contributed by atoms with van der Waals surface area (Å²) in [6, 6.07) is 17.5. The van der Waals surface area contributed by atoms with Crippen LogP contribution in [0, 0.1) is 6.92 Å². The molecule has 0 atom stereocenters. The third kappa shape index (κ3) is 5.15. The zero-order chi connectivity index (χ0) is 20.8. The number of anilines is 2. The van der Waals surface area contributed by atoms with Crippen LogP contribution in [-0.4, -0.2) is 37.2 Å². The number of rotatable bonds is 6. The van der Waals surface area contributed by atoms with E-state index in [1.54, 1.807) is 12.4 Å². The van der Waals surface area contributed by atoms with Gasteiger partial charge in [0.25, 0.3) is 5.91 Å². The molecule has 1 amide bonds. The number of nitrogens with zero attached hydrogens (tertiary/aromatic N) is 2. The van der Waals surface area contributed by atoms with Crippen LogP contribution in [0.3, 0.4) is 0 Å². The van der Waals surface area contributed by atoms with Crippen LogP contribution in [0.2, 0.25) is 0 Å². The summed E-state index contributed by atoms with van der Waals surface area (Å²) in [7, 11) is 0. The van der Waals surface area contributed by atoms with E-state index < -0.39 is 0 Å². The zero-order valence-electron chi connectivity index (χ0n) is 17.0. The number of aryl methyl sites for hydroxylation is 1. The smallest absolute Gasteiger partial charge is 0.257 e. The van der Waals surface area contributed by atoms with Gasteiger partial charge in [0.1, 0.15) is 12.4 Å². The fourth-order valence-electron chi connectivity index (χ4n) is 3.38. The molecule has 1 aliphatic heterocycles. The molecular formula is C24H25N3O3. The van der Waals surface area contributed by atoms with E-state index in [0.29, 0.717) is 36.8 Å². The second kappa shape index (κ2) is 9.41. The Morgan fingerprint density at radius 2 is 1.93 bits per heavy atom. The maximum absolute atomic E-state index is 12.7. The fourth-order valence-corrected chi connectivity index (χ4v) is 3.38. The number of carbonyl (C=O) groups excluding carboxylic acids is 1. The fraction of sp³-hybridized carbons (Fsp3) is 0.250. The van der Waals surface area contributed by atoms with Gasteiger partial charge < -0.3 is 19.7 Å². The number of amides is 1. The molecule has 2 heterocycles. The molecule has 0 unspecified atom stereocenters. The van der Waals surface area contributed by atoms with Crippen molar-refractivity contribution in [2.75, 3.05) is 36.5 Å². The summed E-state index contributed by atoms with van der Waals surface area (Å²) in [6.45, 7) is 5.50. The minimum atomic E-state index is -0.201. The van der Waals surface area contributed by atoms with Crippen molar-refractivity contribution in [3.63, 3.8) is 0 Å². The van der Waals surface area contributed by atoms with Gasteiger partial charge in [0, 0.05) is 31.0 Å². The Morgan fingerprint density at radius 1 is 1.10 bits per heavy atom. The summed E-state index contributed by atoms with van der Waals surface area (Å²) in [4.78, 5) is 19.2. The second-order valence-electron chi connectivity index (χ2n) is 7.29. The van der Waals surface area contributed by atoms with Crippen molar-refractivity contribution in [3.05, 3.63) is 83.7 Å². The predicted octanol–water partition coefficient (Wildman–Crippen LogP) is 4.06. The number of hydrogen-bond donors (Lipinski definition) is 1.